The van der Waals surface area contributed by atoms with Crippen LogP contribution >= 0.6 is 11.5 Å². The monoisotopic (exact) mass is 240 g/mol. The fourth-order valence-electron chi connectivity index (χ4n) is 2.04. The lowest BCUT2D eigenvalue weighted by Crippen LogP contribution is -2.17. The Hall–Kier alpha value is -1.10. The van der Waals surface area contributed by atoms with Gasteiger partial charge in [-0.05, 0) is 30.3 Å². The summed E-state index contributed by atoms with van der Waals surface area (Å²) in [5.74, 6) is 0.548. The molecule has 5 heteroatoms. The highest BCUT2D eigenvalue weighted by molar-refractivity contribution is 7.04. The van der Waals surface area contributed by atoms with Gasteiger partial charge in [0.15, 0.2) is 0 Å². The molecule has 2 rings (SSSR count). The van der Waals surface area contributed by atoms with Crippen molar-refractivity contribution in [3.05, 3.63) is 10.9 Å². The Balaban J connectivity index is 1.88. The fourth-order valence-corrected chi connectivity index (χ4v) is 2.67. The first-order valence-electron chi connectivity index (χ1n) is 5.64. The van der Waals surface area contributed by atoms with Gasteiger partial charge >= 0.3 is 0 Å². The van der Waals surface area contributed by atoms with Crippen LogP contribution in [-0.2, 0) is 0 Å². The number of aromatic nitrogens is 1. The predicted octanol–water partition coefficient (Wildman–Crippen LogP) is 2.20. The molecule has 0 atom stereocenters. The lowest BCUT2D eigenvalue weighted by atomic mass is 9.90. The van der Waals surface area contributed by atoms with Crippen molar-refractivity contribution in [3.8, 4) is 5.88 Å². The molecule has 16 heavy (non-hydrogen) atoms. The lowest BCUT2D eigenvalue weighted by molar-refractivity contribution is 0.0994. The SMILES string of the molecule is NC(=O)c1csnc1OCC1CCCCC1. The Morgan fingerprint density at radius 2 is 2.25 bits per heavy atom. The van der Waals surface area contributed by atoms with Crippen LogP contribution in [0.1, 0.15) is 42.5 Å². The predicted molar refractivity (Wildman–Crippen MR) is 62.7 cm³/mol. The van der Waals surface area contributed by atoms with Gasteiger partial charge in [-0.25, -0.2) is 0 Å². The van der Waals surface area contributed by atoms with Crippen LogP contribution < -0.4 is 10.5 Å². The summed E-state index contributed by atoms with van der Waals surface area (Å²) in [6.07, 6.45) is 6.34. The van der Waals surface area contributed by atoms with Crippen molar-refractivity contribution >= 4 is 17.4 Å². The minimum Gasteiger partial charge on any atom is -0.476 e. The molecule has 1 heterocycles. The summed E-state index contributed by atoms with van der Waals surface area (Å²) in [6, 6.07) is 0. The second kappa shape index (κ2) is 5.30. The van der Waals surface area contributed by atoms with Crippen molar-refractivity contribution in [2.75, 3.05) is 6.61 Å². The molecule has 0 unspecified atom stereocenters. The van der Waals surface area contributed by atoms with E-state index in [0.717, 1.165) is 0 Å². The molecular formula is C11H16N2O2S. The minimum atomic E-state index is -0.465. The van der Waals surface area contributed by atoms with Crippen molar-refractivity contribution in [2.24, 2.45) is 11.7 Å². The van der Waals surface area contributed by atoms with Crippen LogP contribution in [0.15, 0.2) is 5.38 Å². The first-order valence-corrected chi connectivity index (χ1v) is 6.48. The van der Waals surface area contributed by atoms with Crippen LogP contribution in [0.3, 0.4) is 0 Å². The molecule has 1 aromatic heterocycles. The van der Waals surface area contributed by atoms with Crippen molar-refractivity contribution < 1.29 is 9.53 Å². The number of primary amides is 1. The maximum Gasteiger partial charge on any atom is 0.255 e. The zero-order valence-electron chi connectivity index (χ0n) is 9.15. The van der Waals surface area contributed by atoms with Crippen LogP contribution in [0.2, 0.25) is 0 Å². The number of nitrogens with two attached hydrogens (primary N) is 1. The Morgan fingerprint density at radius 3 is 2.94 bits per heavy atom. The van der Waals surface area contributed by atoms with Crippen molar-refractivity contribution in [1.29, 1.82) is 0 Å². The highest BCUT2D eigenvalue weighted by Gasteiger charge is 2.17. The molecule has 1 aliphatic rings. The molecule has 0 spiro atoms. The minimum absolute atomic E-state index is 0.404. The quantitative estimate of drug-likeness (QED) is 0.877. The van der Waals surface area contributed by atoms with Gasteiger partial charge in [-0.2, -0.15) is 4.37 Å². The molecule has 1 aliphatic carbocycles. The fraction of sp³-hybridized carbons (Fsp3) is 0.636. The maximum atomic E-state index is 11.0. The van der Waals surface area contributed by atoms with Crippen LogP contribution in [0, 0.1) is 5.92 Å². The molecular weight excluding hydrogens is 224 g/mol. The third kappa shape index (κ3) is 2.72. The zero-order chi connectivity index (χ0) is 11.4. The summed E-state index contributed by atoms with van der Waals surface area (Å²) in [6.45, 7) is 0.657. The number of rotatable bonds is 4. The largest absolute Gasteiger partial charge is 0.476 e. The number of nitrogens with zero attached hydrogens (tertiary/aromatic N) is 1. The second-order valence-corrected chi connectivity index (χ2v) is 4.84. The van der Waals surface area contributed by atoms with Crippen molar-refractivity contribution in [2.45, 2.75) is 32.1 Å². The lowest BCUT2D eigenvalue weighted by Gasteiger charge is -2.21. The number of hydrogen-bond donors (Lipinski definition) is 1. The number of carbonyl (C=O) groups is 1. The molecule has 88 valence electrons. The molecule has 1 amide bonds. The molecule has 0 aromatic carbocycles. The van der Waals surface area contributed by atoms with E-state index in [1.807, 2.05) is 0 Å². The smallest absolute Gasteiger partial charge is 0.255 e. The summed E-state index contributed by atoms with van der Waals surface area (Å²) in [4.78, 5) is 11.0. The van der Waals surface area contributed by atoms with Gasteiger partial charge in [0.1, 0.15) is 5.56 Å². The van der Waals surface area contributed by atoms with E-state index in [9.17, 15) is 4.79 Å². The first-order chi connectivity index (χ1) is 7.77. The normalized spacial score (nSPS) is 17.2. The topological polar surface area (TPSA) is 65.2 Å². The summed E-state index contributed by atoms with van der Waals surface area (Å²) >= 11 is 1.21. The highest BCUT2D eigenvalue weighted by Crippen LogP contribution is 2.25. The Kier molecular flexibility index (Phi) is 3.77. The van der Waals surface area contributed by atoms with Gasteiger partial charge in [0, 0.05) is 5.38 Å². The van der Waals surface area contributed by atoms with E-state index in [1.165, 1.54) is 43.6 Å². The number of ether oxygens (including phenoxy) is 1. The van der Waals surface area contributed by atoms with E-state index in [4.69, 9.17) is 10.5 Å². The van der Waals surface area contributed by atoms with Gasteiger partial charge in [-0.3, -0.25) is 4.79 Å². The average Bonchev–Trinajstić information content (AvgIpc) is 2.76. The Labute approximate surface area is 99.0 Å². The van der Waals surface area contributed by atoms with Crippen molar-refractivity contribution in [1.82, 2.24) is 4.37 Å². The first kappa shape index (κ1) is 11.4. The molecule has 0 saturated heterocycles. The van der Waals surface area contributed by atoms with Gasteiger partial charge in [-0.15, -0.1) is 0 Å². The zero-order valence-corrected chi connectivity index (χ0v) is 9.96. The van der Waals surface area contributed by atoms with E-state index in [1.54, 1.807) is 5.38 Å². The molecule has 0 radical (unpaired) electrons. The Morgan fingerprint density at radius 1 is 1.50 bits per heavy atom. The van der Waals surface area contributed by atoms with E-state index < -0.39 is 5.91 Å². The summed E-state index contributed by atoms with van der Waals surface area (Å²) < 4.78 is 9.62. The molecule has 1 fully saturated rings. The van der Waals surface area contributed by atoms with Crippen LogP contribution in [-0.4, -0.2) is 16.9 Å². The number of amides is 1. The third-order valence-electron chi connectivity index (χ3n) is 2.98. The van der Waals surface area contributed by atoms with E-state index in [-0.39, 0.29) is 0 Å². The molecule has 4 nitrogen and oxygen atoms in total. The molecule has 1 aromatic rings. The summed E-state index contributed by atoms with van der Waals surface area (Å²) in [5.41, 5.74) is 5.62. The van der Waals surface area contributed by atoms with Crippen LogP contribution in [0.4, 0.5) is 0 Å². The Bertz CT molecular complexity index is 359. The maximum absolute atomic E-state index is 11.0. The van der Waals surface area contributed by atoms with Gasteiger partial charge in [0.2, 0.25) is 5.88 Å². The second-order valence-electron chi connectivity index (χ2n) is 4.21. The van der Waals surface area contributed by atoms with Crippen LogP contribution in [0.5, 0.6) is 5.88 Å². The van der Waals surface area contributed by atoms with Gasteiger partial charge < -0.3 is 10.5 Å². The highest BCUT2D eigenvalue weighted by atomic mass is 32.1. The molecule has 1 saturated carbocycles. The van der Waals surface area contributed by atoms with Crippen molar-refractivity contribution in [3.63, 3.8) is 0 Å². The number of hydrogen-bond acceptors (Lipinski definition) is 4. The van der Waals surface area contributed by atoms with E-state index in [0.29, 0.717) is 24.0 Å². The van der Waals surface area contributed by atoms with Crippen LogP contribution in [0.25, 0.3) is 0 Å². The molecule has 0 bridgehead atoms. The standard InChI is InChI=1S/C11H16N2O2S/c12-10(14)9-7-16-13-11(9)15-6-8-4-2-1-3-5-8/h7-8H,1-6H2,(H2,12,14). The summed E-state index contributed by atoms with van der Waals surface area (Å²) in [5, 5.41) is 1.64. The molecule has 2 N–H and O–H groups in total. The summed E-state index contributed by atoms with van der Waals surface area (Å²) in [7, 11) is 0. The van der Waals surface area contributed by atoms with Gasteiger partial charge in [-0.1, -0.05) is 19.3 Å². The average molecular weight is 240 g/mol. The van der Waals surface area contributed by atoms with E-state index in [2.05, 4.69) is 4.37 Å². The number of carbonyl (C=O) groups excluding carboxylic acids is 1. The molecule has 0 aliphatic heterocycles. The van der Waals surface area contributed by atoms with Gasteiger partial charge in [0.25, 0.3) is 5.91 Å². The van der Waals surface area contributed by atoms with E-state index >= 15 is 0 Å². The van der Waals surface area contributed by atoms with Gasteiger partial charge in [0.05, 0.1) is 6.61 Å². The third-order valence-corrected chi connectivity index (χ3v) is 3.59.